The van der Waals surface area contributed by atoms with Crippen molar-refractivity contribution in [1.82, 2.24) is 19.7 Å². The van der Waals surface area contributed by atoms with E-state index < -0.39 is 0 Å². The lowest BCUT2D eigenvalue weighted by Gasteiger charge is -2.06. The Morgan fingerprint density at radius 2 is 2.30 bits per heavy atom. The van der Waals surface area contributed by atoms with Crippen molar-refractivity contribution in [2.45, 2.75) is 26.5 Å². The first-order valence-corrected chi connectivity index (χ1v) is 6.37. The SMILES string of the molecule is CCn1ncnc1COc1cncc(C#CCCO)c1. The molecule has 20 heavy (non-hydrogen) atoms. The number of nitrogens with zero attached hydrogens (tertiary/aromatic N) is 4. The minimum atomic E-state index is 0.0588. The predicted octanol–water partition coefficient (Wildman–Crippen LogP) is 1.01. The first-order chi connectivity index (χ1) is 9.83. The highest BCUT2D eigenvalue weighted by molar-refractivity contribution is 5.36. The third kappa shape index (κ3) is 3.80. The van der Waals surface area contributed by atoms with Gasteiger partial charge in [-0.3, -0.25) is 4.98 Å². The molecule has 2 rings (SSSR count). The summed E-state index contributed by atoms with van der Waals surface area (Å²) in [4.78, 5) is 8.21. The van der Waals surface area contributed by atoms with E-state index in [-0.39, 0.29) is 6.61 Å². The molecule has 0 aromatic carbocycles. The third-order valence-corrected chi connectivity index (χ3v) is 2.55. The number of aryl methyl sites for hydroxylation is 1. The maximum atomic E-state index is 8.68. The lowest BCUT2D eigenvalue weighted by molar-refractivity contribution is 0.286. The van der Waals surface area contributed by atoms with Gasteiger partial charge in [0.05, 0.1) is 12.8 Å². The summed E-state index contributed by atoms with van der Waals surface area (Å²) in [7, 11) is 0. The van der Waals surface area contributed by atoms with Crippen LogP contribution in [-0.2, 0) is 13.2 Å². The number of hydrogen-bond acceptors (Lipinski definition) is 5. The summed E-state index contributed by atoms with van der Waals surface area (Å²) in [6.45, 7) is 3.15. The molecular formula is C14H16N4O2. The van der Waals surface area contributed by atoms with Crippen LogP contribution in [0.4, 0.5) is 0 Å². The molecule has 2 aromatic heterocycles. The maximum absolute atomic E-state index is 8.68. The van der Waals surface area contributed by atoms with Gasteiger partial charge >= 0.3 is 0 Å². The van der Waals surface area contributed by atoms with Gasteiger partial charge in [0.2, 0.25) is 0 Å². The van der Waals surface area contributed by atoms with Gasteiger partial charge in [-0.2, -0.15) is 5.10 Å². The molecule has 0 atom stereocenters. The van der Waals surface area contributed by atoms with Crippen LogP contribution in [0, 0.1) is 11.8 Å². The number of hydrogen-bond donors (Lipinski definition) is 1. The molecule has 0 saturated carbocycles. The molecule has 2 heterocycles. The van der Waals surface area contributed by atoms with Gasteiger partial charge in [-0.25, -0.2) is 9.67 Å². The van der Waals surface area contributed by atoms with Gasteiger partial charge in [-0.1, -0.05) is 11.8 Å². The monoisotopic (exact) mass is 272 g/mol. The summed E-state index contributed by atoms with van der Waals surface area (Å²) >= 11 is 0. The first-order valence-electron chi connectivity index (χ1n) is 6.37. The van der Waals surface area contributed by atoms with Crippen LogP contribution in [0.1, 0.15) is 24.7 Å². The molecule has 104 valence electrons. The van der Waals surface area contributed by atoms with E-state index in [1.165, 1.54) is 6.33 Å². The van der Waals surface area contributed by atoms with Crippen molar-refractivity contribution < 1.29 is 9.84 Å². The number of rotatable bonds is 5. The molecule has 0 amide bonds. The van der Waals surface area contributed by atoms with Gasteiger partial charge in [0.1, 0.15) is 18.7 Å². The van der Waals surface area contributed by atoms with Crippen LogP contribution < -0.4 is 4.74 Å². The number of aliphatic hydroxyl groups excluding tert-OH is 1. The zero-order chi connectivity index (χ0) is 14.2. The molecule has 0 unspecified atom stereocenters. The molecule has 0 fully saturated rings. The van der Waals surface area contributed by atoms with Gasteiger partial charge < -0.3 is 9.84 Å². The average molecular weight is 272 g/mol. The molecule has 0 aliphatic heterocycles. The van der Waals surface area contributed by atoms with Crippen molar-refractivity contribution in [3.05, 3.63) is 36.2 Å². The number of ether oxygens (including phenoxy) is 1. The second kappa shape index (κ2) is 7.26. The molecule has 0 saturated heterocycles. The molecule has 0 aliphatic carbocycles. The van der Waals surface area contributed by atoms with Crippen LogP contribution >= 0.6 is 0 Å². The molecular weight excluding hydrogens is 256 g/mol. The fourth-order valence-electron chi connectivity index (χ4n) is 1.60. The Hall–Kier alpha value is -2.39. The fourth-order valence-corrected chi connectivity index (χ4v) is 1.60. The van der Waals surface area contributed by atoms with E-state index in [1.54, 1.807) is 17.1 Å². The Kier molecular flexibility index (Phi) is 5.09. The van der Waals surface area contributed by atoms with Crippen molar-refractivity contribution in [3.63, 3.8) is 0 Å². The van der Waals surface area contributed by atoms with Gasteiger partial charge in [-0.05, 0) is 13.0 Å². The maximum Gasteiger partial charge on any atom is 0.164 e. The minimum Gasteiger partial charge on any atom is -0.484 e. The average Bonchev–Trinajstić information content (AvgIpc) is 2.93. The third-order valence-electron chi connectivity index (χ3n) is 2.55. The van der Waals surface area contributed by atoms with Gasteiger partial charge in [0, 0.05) is 24.7 Å². The van der Waals surface area contributed by atoms with E-state index in [0.29, 0.717) is 18.8 Å². The lowest BCUT2D eigenvalue weighted by Crippen LogP contribution is -2.07. The molecule has 2 aromatic rings. The van der Waals surface area contributed by atoms with Crippen molar-refractivity contribution >= 4 is 0 Å². The van der Waals surface area contributed by atoms with Crippen LogP contribution in [0.2, 0.25) is 0 Å². The van der Waals surface area contributed by atoms with Crippen molar-refractivity contribution in [2.24, 2.45) is 0 Å². The highest BCUT2D eigenvalue weighted by atomic mass is 16.5. The summed E-state index contributed by atoms with van der Waals surface area (Å²) in [5.74, 6) is 7.16. The zero-order valence-electron chi connectivity index (χ0n) is 11.3. The van der Waals surface area contributed by atoms with E-state index in [4.69, 9.17) is 9.84 Å². The Morgan fingerprint density at radius 3 is 3.10 bits per heavy atom. The van der Waals surface area contributed by atoms with Crippen molar-refractivity contribution in [3.8, 4) is 17.6 Å². The van der Waals surface area contributed by atoms with E-state index in [2.05, 4.69) is 26.9 Å². The first kappa shape index (κ1) is 14.0. The molecule has 6 heteroatoms. The highest BCUT2D eigenvalue weighted by Gasteiger charge is 2.04. The molecule has 0 spiro atoms. The second-order valence-corrected chi connectivity index (χ2v) is 3.97. The number of pyridine rings is 1. The summed E-state index contributed by atoms with van der Waals surface area (Å²) in [5.41, 5.74) is 0.757. The Labute approximate surface area is 117 Å². The molecule has 0 radical (unpaired) electrons. The molecule has 1 N–H and O–H groups in total. The van der Waals surface area contributed by atoms with E-state index in [9.17, 15) is 0 Å². The topological polar surface area (TPSA) is 73.1 Å². The fraction of sp³-hybridized carbons (Fsp3) is 0.357. The lowest BCUT2D eigenvalue weighted by atomic mass is 10.2. The normalized spacial score (nSPS) is 9.90. The molecule has 0 bridgehead atoms. The van der Waals surface area contributed by atoms with Gasteiger partial charge in [-0.15, -0.1) is 0 Å². The smallest absolute Gasteiger partial charge is 0.164 e. The van der Waals surface area contributed by atoms with Crippen molar-refractivity contribution in [1.29, 1.82) is 0 Å². The van der Waals surface area contributed by atoms with Crippen LogP contribution in [0.25, 0.3) is 0 Å². The number of aliphatic hydroxyl groups is 1. The standard InChI is InChI=1S/C14H16N4O2/c1-2-18-14(16-11-17-18)10-20-13-7-12(8-15-9-13)5-3-4-6-19/h7-9,11,19H,2,4,6,10H2,1H3. The Bertz CT molecular complexity index is 613. The van der Waals surface area contributed by atoms with Crippen molar-refractivity contribution in [2.75, 3.05) is 6.61 Å². The summed E-state index contributed by atoms with van der Waals surface area (Å²) in [6.07, 6.45) is 5.25. The van der Waals surface area contributed by atoms with Crippen LogP contribution in [-0.4, -0.2) is 31.5 Å². The van der Waals surface area contributed by atoms with E-state index in [0.717, 1.165) is 17.9 Å². The van der Waals surface area contributed by atoms with Crippen LogP contribution in [0.5, 0.6) is 5.75 Å². The molecule has 0 aliphatic rings. The minimum absolute atomic E-state index is 0.0588. The van der Waals surface area contributed by atoms with E-state index >= 15 is 0 Å². The quantitative estimate of drug-likeness (QED) is 0.822. The predicted molar refractivity (Wildman–Crippen MR) is 72.8 cm³/mol. The number of aromatic nitrogens is 4. The van der Waals surface area contributed by atoms with Crippen LogP contribution in [0.3, 0.4) is 0 Å². The summed E-state index contributed by atoms with van der Waals surface area (Å²) in [6, 6.07) is 1.81. The van der Waals surface area contributed by atoms with E-state index in [1.807, 2.05) is 13.0 Å². The highest BCUT2D eigenvalue weighted by Crippen LogP contribution is 2.12. The second-order valence-electron chi connectivity index (χ2n) is 3.97. The van der Waals surface area contributed by atoms with Gasteiger partial charge in [0.25, 0.3) is 0 Å². The largest absolute Gasteiger partial charge is 0.484 e. The Morgan fingerprint density at radius 1 is 1.40 bits per heavy atom. The summed E-state index contributed by atoms with van der Waals surface area (Å²) in [5, 5.41) is 12.8. The van der Waals surface area contributed by atoms with Gasteiger partial charge in [0.15, 0.2) is 5.82 Å². The van der Waals surface area contributed by atoms with Crippen LogP contribution in [0.15, 0.2) is 24.8 Å². The summed E-state index contributed by atoms with van der Waals surface area (Å²) < 4.78 is 7.41. The molecule has 6 nitrogen and oxygen atoms in total. The Balaban J connectivity index is 2.00. The zero-order valence-corrected chi connectivity index (χ0v) is 11.3.